The van der Waals surface area contributed by atoms with Crippen LogP contribution in [-0.4, -0.2) is 19.0 Å². The van der Waals surface area contributed by atoms with Crippen LogP contribution in [0.5, 0.6) is 0 Å². The lowest BCUT2D eigenvalue weighted by Crippen LogP contribution is -2.35. The number of rotatable bonds is 2. The Balaban J connectivity index is 0.00000144. The first-order chi connectivity index (χ1) is 7.60. The molecule has 0 saturated carbocycles. The van der Waals surface area contributed by atoms with E-state index in [0.717, 1.165) is 29.7 Å². The van der Waals surface area contributed by atoms with Gasteiger partial charge in [-0.05, 0) is 44.2 Å². The van der Waals surface area contributed by atoms with Crippen LogP contribution in [0.25, 0.3) is 0 Å². The van der Waals surface area contributed by atoms with E-state index in [1.807, 2.05) is 31.2 Å². The van der Waals surface area contributed by atoms with Crippen molar-refractivity contribution >= 4 is 39.9 Å². The van der Waals surface area contributed by atoms with E-state index >= 15 is 0 Å². The van der Waals surface area contributed by atoms with E-state index < -0.39 is 0 Å². The molecular formula is C12H16BrClN2O. The van der Waals surface area contributed by atoms with Crippen molar-refractivity contribution in [2.24, 2.45) is 5.41 Å². The molecule has 0 radical (unpaired) electrons. The topological polar surface area (TPSA) is 41.1 Å². The molecular weight excluding hydrogens is 304 g/mol. The molecule has 2 N–H and O–H groups in total. The van der Waals surface area contributed by atoms with E-state index in [1.54, 1.807) is 0 Å². The number of halogens is 2. The second kappa shape index (κ2) is 5.85. The van der Waals surface area contributed by atoms with Gasteiger partial charge in [-0.1, -0.05) is 15.9 Å². The molecule has 1 aromatic rings. The maximum Gasteiger partial charge on any atom is 0.231 e. The quantitative estimate of drug-likeness (QED) is 0.880. The maximum atomic E-state index is 12.1. The molecule has 17 heavy (non-hydrogen) atoms. The summed E-state index contributed by atoms with van der Waals surface area (Å²) in [6.07, 6.45) is 0.898. The van der Waals surface area contributed by atoms with E-state index in [0.29, 0.717) is 0 Å². The standard InChI is InChI=1S/C12H15BrN2O.ClH/c1-12(6-7-14-8-12)11(16)15-10-4-2-9(13)3-5-10;/h2-5,14H,6-8H2,1H3,(H,15,16);1H. The zero-order valence-electron chi connectivity index (χ0n) is 9.63. The Hall–Kier alpha value is -0.580. The van der Waals surface area contributed by atoms with Gasteiger partial charge in [0.25, 0.3) is 0 Å². The summed E-state index contributed by atoms with van der Waals surface area (Å²) in [5.41, 5.74) is 0.578. The van der Waals surface area contributed by atoms with Crippen LogP contribution in [0.4, 0.5) is 5.69 Å². The minimum Gasteiger partial charge on any atom is -0.326 e. The fourth-order valence-electron chi connectivity index (χ4n) is 1.83. The van der Waals surface area contributed by atoms with Crippen LogP contribution in [0.15, 0.2) is 28.7 Å². The Morgan fingerprint density at radius 1 is 1.41 bits per heavy atom. The molecule has 0 spiro atoms. The van der Waals surface area contributed by atoms with Crippen LogP contribution in [0.2, 0.25) is 0 Å². The number of benzene rings is 1. The molecule has 1 aromatic carbocycles. The van der Waals surface area contributed by atoms with Crippen molar-refractivity contribution < 1.29 is 4.79 Å². The van der Waals surface area contributed by atoms with Crippen LogP contribution in [0, 0.1) is 5.41 Å². The van der Waals surface area contributed by atoms with Crippen LogP contribution in [-0.2, 0) is 4.79 Å². The highest BCUT2D eigenvalue weighted by Crippen LogP contribution is 2.26. The zero-order valence-corrected chi connectivity index (χ0v) is 12.0. The number of carbonyl (C=O) groups excluding carboxylic acids is 1. The average molecular weight is 320 g/mol. The molecule has 1 atom stereocenters. The highest BCUT2D eigenvalue weighted by Gasteiger charge is 2.36. The minimum absolute atomic E-state index is 0. The molecule has 3 nitrogen and oxygen atoms in total. The molecule has 5 heteroatoms. The lowest BCUT2D eigenvalue weighted by atomic mass is 9.89. The third kappa shape index (κ3) is 3.44. The third-order valence-corrected chi connectivity index (χ3v) is 3.55. The van der Waals surface area contributed by atoms with Crippen molar-refractivity contribution in [1.29, 1.82) is 0 Å². The first kappa shape index (κ1) is 14.5. The molecule has 1 amide bonds. The molecule has 1 fully saturated rings. The number of hydrogen-bond acceptors (Lipinski definition) is 2. The van der Waals surface area contributed by atoms with Gasteiger partial charge in [-0.25, -0.2) is 0 Å². The third-order valence-electron chi connectivity index (χ3n) is 3.02. The van der Waals surface area contributed by atoms with E-state index in [9.17, 15) is 4.79 Å². The van der Waals surface area contributed by atoms with Gasteiger partial charge >= 0.3 is 0 Å². The Morgan fingerprint density at radius 3 is 2.59 bits per heavy atom. The average Bonchev–Trinajstić information content (AvgIpc) is 2.70. The van der Waals surface area contributed by atoms with Gasteiger partial charge in [0, 0.05) is 16.7 Å². The number of anilines is 1. The maximum absolute atomic E-state index is 12.1. The summed E-state index contributed by atoms with van der Waals surface area (Å²) in [5, 5.41) is 6.17. The van der Waals surface area contributed by atoms with Crippen molar-refractivity contribution in [3.05, 3.63) is 28.7 Å². The normalized spacial score (nSPS) is 22.9. The first-order valence-electron chi connectivity index (χ1n) is 5.38. The van der Waals surface area contributed by atoms with E-state index in [4.69, 9.17) is 0 Å². The van der Waals surface area contributed by atoms with Crippen LogP contribution < -0.4 is 10.6 Å². The van der Waals surface area contributed by atoms with E-state index in [-0.39, 0.29) is 23.7 Å². The van der Waals surface area contributed by atoms with Gasteiger partial charge in [0.05, 0.1) is 5.41 Å². The summed E-state index contributed by atoms with van der Waals surface area (Å²) in [4.78, 5) is 12.1. The Kier molecular flexibility index (Phi) is 4.98. The molecule has 1 aliphatic heterocycles. The van der Waals surface area contributed by atoms with Crippen LogP contribution >= 0.6 is 28.3 Å². The Bertz CT molecular complexity index is 388. The molecule has 94 valence electrons. The molecule has 0 aromatic heterocycles. The largest absolute Gasteiger partial charge is 0.326 e. The highest BCUT2D eigenvalue weighted by molar-refractivity contribution is 9.10. The lowest BCUT2D eigenvalue weighted by molar-refractivity contribution is -0.123. The molecule has 1 heterocycles. The van der Waals surface area contributed by atoms with Gasteiger partial charge in [0.15, 0.2) is 0 Å². The predicted molar refractivity (Wildman–Crippen MR) is 75.6 cm³/mol. The van der Waals surface area contributed by atoms with Crippen LogP contribution in [0.1, 0.15) is 13.3 Å². The molecule has 0 aliphatic carbocycles. The number of carbonyl (C=O) groups is 1. The van der Waals surface area contributed by atoms with Crippen molar-refractivity contribution in [2.75, 3.05) is 18.4 Å². The molecule has 0 bridgehead atoms. The SMILES string of the molecule is CC1(C(=O)Nc2ccc(Br)cc2)CCNC1.Cl. The monoisotopic (exact) mass is 318 g/mol. The van der Waals surface area contributed by atoms with Gasteiger partial charge in [-0.3, -0.25) is 4.79 Å². The highest BCUT2D eigenvalue weighted by atomic mass is 79.9. The second-order valence-electron chi connectivity index (χ2n) is 4.45. The van der Waals surface area contributed by atoms with Gasteiger partial charge in [-0.2, -0.15) is 0 Å². The summed E-state index contributed by atoms with van der Waals surface area (Å²) < 4.78 is 1.01. The summed E-state index contributed by atoms with van der Waals surface area (Å²) >= 11 is 3.37. The fraction of sp³-hybridized carbons (Fsp3) is 0.417. The molecule has 1 unspecified atom stereocenters. The Morgan fingerprint density at radius 2 is 2.06 bits per heavy atom. The van der Waals surface area contributed by atoms with Crippen molar-refractivity contribution in [2.45, 2.75) is 13.3 Å². The summed E-state index contributed by atoms with van der Waals surface area (Å²) in [5.74, 6) is 0.0971. The van der Waals surface area contributed by atoms with Crippen molar-refractivity contribution in [3.63, 3.8) is 0 Å². The van der Waals surface area contributed by atoms with E-state index in [2.05, 4.69) is 26.6 Å². The summed E-state index contributed by atoms with van der Waals surface area (Å²) in [7, 11) is 0. The van der Waals surface area contributed by atoms with Crippen molar-refractivity contribution in [3.8, 4) is 0 Å². The lowest BCUT2D eigenvalue weighted by Gasteiger charge is -2.21. The second-order valence-corrected chi connectivity index (χ2v) is 5.36. The van der Waals surface area contributed by atoms with E-state index in [1.165, 1.54) is 0 Å². The zero-order chi connectivity index (χ0) is 11.6. The van der Waals surface area contributed by atoms with Gasteiger partial charge < -0.3 is 10.6 Å². The van der Waals surface area contributed by atoms with Gasteiger partial charge in [0.1, 0.15) is 0 Å². The minimum atomic E-state index is -0.271. The predicted octanol–water partition coefficient (Wildman–Crippen LogP) is 2.81. The molecule has 2 rings (SSSR count). The number of nitrogens with one attached hydrogen (secondary N) is 2. The van der Waals surface area contributed by atoms with Crippen LogP contribution in [0.3, 0.4) is 0 Å². The number of amides is 1. The smallest absolute Gasteiger partial charge is 0.231 e. The fourth-order valence-corrected chi connectivity index (χ4v) is 2.09. The molecule has 1 aliphatic rings. The first-order valence-corrected chi connectivity index (χ1v) is 6.17. The number of hydrogen-bond donors (Lipinski definition) is 2. The van der Waals surface area contributed by atoms with Gasteiger partial charge in [-0.15, -0.1) is 12.4 Å². The molecule has 1 saturated heterocycles. The Labute approximate surface area is 116 Å². The van der Waals surface area contributed by atoms with Gasteiger partial charge in [0.2, 0.25) is 5.91 Å². The summed E-state index contributed by atoms with van der Waals surface area (Å²) in [6, 6.07) is 7.64. The summed E-state index contributed by atoms with van der Waals surface area (Å²) in [6.45, 7) is 3.68. The van der Waals surface area contributed by atoms with Crippen molar-refractivity contribution in [1.82, 2.24) is 5.32 Å².